The summed E-state index contributed by atoms with van der Waals surface area (Å²) >= 11 is 7.23. The molecule has 0 spiro atoms. The third-order valence-electron chi connectivity index (χ3n) is 2.86. The summed E-state index contributed by atoms with van der Waals surface area (Å²) in [5.74, 6) is 1.45. The third kappa shape index (κ3) is 4.14. The molecule has 6 heteroatoms. The van der Waals surface area contributed by atoms with E-state index in [1.165, 1.54) is 12.6 Å². The van der Waals surface area contributed by atoms with E-state index in [4.69, 9.17) is 11.6 Å². The SMILES string of the molecule is O=C(CSCc1cnc(Cl)cn1)N1CCCCC1. The maximum Gasteiger partial charge on any atom is 0.232 e. The number of hydrogen-bond donors (Lipinski definition) is 0. The number of rotatable bonds is 4. The Hall–Kier alpha value is -0.810. The predicted molar refractivity (Wildman–Crippen MR) is 73.6 cm³/mol. The summed E-state index contributed by atoms with van der Waals surface area (Å²) in [5.41, 5.74) is 0.857. The van der Waals surface area contributed by atoms with Crippen LogP contribution in [0.2, 0.25) is 5.15 Å². The molecule has 1 amide bonds. The molecule has 18 heavy (non-hydrogen) atoms. The van der Waals surface area contributed by atoms with Crippen molar-refractivity contribution in [2.24, 2.45) is 0 Å². The fourth-order valence-corrected chi connectivity index (χ4v) is 2.81. The quantitative estimate of drug-likeness (QED) is 0.852. The van der Waals surface area contributed by atoms with Crippen molar-refractivity contribution in [3.8, 4) is 0 Å². The van der Waals surface area contributed by atoms with Gasteiger partial charge in [-0.3, -0.25) is 9.78 Å². The molecule has 4 nitrogen and oxygen atoms in total. The van der Waals surface area contributed by atoms with Gasteiger partial charge in [-0.25, -0.2) is 4.98 Å². The van der Waals surface area contributed by atoms with Crippen molar-refractivity contribution in [3.63, 3.8) is 0 Å². The number of amides is 1. The Bertz CT molecular complexity index is 393. The highest BCUT2D eigenvalue weighted by Gasteiger charge is 2.15. The largest absolute Gasteiger partial charge is 0.342 e. The molecular formula is C12H16ClN3OS. The molecule has 1 aliphatic heterocycles. The Kier molecular flexibility index (Phi) is 5.26. The maximum atomic E-state index is 11.9. The highest BCUT2D eigenvalue weighted by atomic mass is 35.5. The average Bonchev–Trinajstić information content (AvgIpc) is 2.42. The summed E-state index contributed by atoms with van der Waals surface area (Å²) in [4.78, 5) is 22.0. The lowest BCUT2D eigenvalue weighted by Crippen LogP contribution is -2.36. The first kappa shape index (κ1) is 13.6. The van der Waals surface area contributed by atoms with Crippen LogP contribution in [0.15, 0.2) is 12.4 Å². The normalized spacial score (nSPS) is 15.7. The van der Waals surface area contributed by atoms with Gasteiger partial charge in [-0.2, -0.15) is 0 Å². The highest BCUT2D eigenvalue weighted by molar-refractivity contribution is 7.99. The first-order valence-electron chi connectivity index (χ1n) is 6.07. The number of carbonyl (C=O) groups excluding carboxylic acids is 1. The molecule has 1 fully saturated rings. The van der Waals surface area contributed by atoms with Gasteiger partial charge in [-0.15, -0.1) is 11.8 Å². The molecule has 0 saturated carbocycles. The van der Waals surface area contributed by atoms with E-state index >= 15 is 0 Å². The molecule has 0 radical (unpaired) electrons. The van der Waals surface area contributed by atoms with Crippen LogP contribution in [0.5, 0.6) is 0 Å². The van der Waals surface area contributed by atoms with Crippen molar-refractivity contribution in [1.29, 1.82) is 0 Å². The minimum absolute atomic E-state index is 0.238. The van der Waals surface area contributed by atoms with Gasteiger partial charge in [-0.1, -0.05) is 11.6 Å². The second-order valence-electron chi connectivity index (χ2n) is 4.26. The second kappa shape index (κ2) is 6.95. The molecule has 1 aliphatic rings. The zero-order valence-electron chi connectivity index (χ0n) is 10.1. The van der Waals surface area contributed by atoms with Gasteiger partial charge in [0.2, 0.25) is 5.91 Å². The molecule has 1 aromatic heterocycles. The van der Waals surface area contributed by atoms with Crippen LogP contribution >= 0.6 is 23.4 Å². The van der Waals surface area contributed by atoms with Crippen molar-refractivity contribution >= 4 is 29.3 Å². The van der Waals surface area contributed by atoms with E-state index in [0.29, 0.717) is 16.7 Å². The fraction of sp³-hybridized carbons (Fsp3) is 0.583. The number of likely N-dealkylation sites (tertiary alicyclic amines) is 1. The van der Waals surface area contributed by atoms with Gasteiger partial charge in [0.1, 0.15) is 5.15 Å². The summed E-state index contributed by atoms with van der Waals surface area (Å²) in [5, 5.41) is 0.396. The summed E-state index contributed by atoms with van der Waals surface area (Å²) < 4.78 is 0. The molecular weight excluding hydrogens is 270 g/mol. The Morgan fingerprint density at radius 2 is 2.06 bits per heavy atom. The van der Waals surface area contributed by atoms with Crippen molar-refractivity contribution in [1.82, 2.24) is 14.9 Å². The van der Waals surface area contributed by atoms with Gasteiger partial charge in [0.15, 0.2) is 0 Å². The van der Waals surface area contributed by atoms with Gasteiger partial charge < -0.3 is 4.90 Å². The minimum atomic E-state index is 0.238. The van der Waals surface area contributed by atoms with E-state index < -0.39 is 0 Å². The van der Waals surface area contributed by atoms with Crippen LogP contribution in [0.3, 0.4) is 0 Å². The smallest absolute Gasteiger partial charge is 0.232 e. The van der Waals surface area contributed by atoms with E-state index in [-0.39, 0.29) is 5.91 Å². The van der Waals surface area contributed by atoms with Crippen LogP contribution in [0.1, 0.15) is 25.0 Å². The van der Waals surface area contributed by atoms with Crippen LogP contribution in [-0.4, -0.2) is 39.6 Å². The Labute approximate surface area is 116 Å². The van der Waals surface area contributed by atoms with Crippen molar-refractivity contribution in [2.75, 3.05) is 18.8 Å². The van der Waals surface area contributed by atoms with Gasteiger partial charge in [0, 0.05) is 18.8 Å². The van der Waals surface area contributed by atoms with Gasteiger partial charge in [-0.05, 0) is 19.3 Å². The number of thioether (sulfide) groups is 1. The van der Waals surface area contributed by atoms with Crippen LogP contribution in [0.4, 0.5) is 0 Å². The number of carbonyl (C=O) groups is 1. The van der Waals surface area contributed by atoms with Crippen molar-refractivity contribution in [3.05, 3.63) is 23.2 Å². The molecule has 0 aliphatic carbocycles. The number of piperidine rings is 1. The molecule has 0 N–H and O–H groups in total. The zero-order valence-corrected chi connectivity index (χ0v) is 11.7. The molecule has 1 aromatic rings. The van der Waals surface area contributed by atoms with E-state index in [9.17, 15) is 4.79 Å². The van der Waals surface area contributed by atoms with Crippen molar-refractivity contribution < 1.29 is 4.79 Å². The van der Waals surface area contributed by atoms with Gasteiger partial charge >= 0.3 is 0 Å². The Morgan fingerprint density at radius 3 is 2.72 bits per heavy atom. The fourth-order valence-electron chi connectivity index (χ4n) is 1.89. The third-order valence-corrected chi connectivity index (χ3v) is 4.00. The first-order chi connectivity index (χ1) is 8.75. The number of halogens is 1. The predicted octanol–water partition coefficient (Wildman–Crippen LogP) is 2.38. The summed E-state index contributed by atoms with van der Waals surface area (Å²) in [7, 11) is 0. The molecule has 0 aromatic carbocycles. The monoisotopic (exact) mass is 285 g/mol. The standard InChI is InChI=1S/C12H16ClN3OS/c13-11-7-14-10(6-15-11)8-18-9-12(17)16-4-2-1-3-5-16/h6-7H,1-5,8-9H2. The molecule has 2 heterocycles. The van der Waals surface area contributed by atoms with E-state index in [2.05, 4.69) is 9.97 Å². The van der Waals surface area contributed by atoms with Gasteiger partial charge in [0.05, 0.1) is 23.8 Å². The van der Waals surface area contributed by atoms with Crippen LogP contribution in [0.25, 0.3) is 0 Å². The topological polar surface area (TPSA) is 46.1 Å². The van der Waals surface area contributed by atoms with E-state index in [1.54, 1.807) is 18.0 Å². The number of nitrogens with zero attached hydrogens (tertiary/aromatic N) is 3. The lowest BCUT2D eigenvalue weighted by molar-refractivity contribution is -0.129. The minimum Gasteiger partial charge on any atom is -0.342 e. The van der Waals surface area contributed by atoms with E-state index in [0.717, 1.165) is 31.6 Å². The Balaban J connectivity index is 1.71. The van der Waals surface area contributed by atoms with Crippen molar-refractivity contribution in [2.45, 2.75) is 25.0 Å². The zero-order chi connectivity index (χ0) is 12.8. The summed E-state index contributed by atoms with van der Waals surface area (Å²) in [6.45, 7) is 1.83. The Morgan fingerprint density at radius 1 is 1.28 bits per heavy atom. The number of aromatic nitrogens is 2. The average molecular weight is 286 g/mol. The molecule has 0 atom stereocenters. The second-order valence-corrected chi connectivity index (χ2v) is 5.64. The number of hydrogen-bond acceptors (Lipinski definition) is 4. The summed E-state index contributed by atoms with van der Waals surface area (Å²) in [6.07, 6.45) is 6.71. The maximum absolute atomic E-state index is 11.9. The van der Waals surface area contributed by atoms with Crippen LogP contribution < -0.4 is 0 Å². The first-order valence-corrected chi connectivity index (χ1v) is 7.61. The molecule has 2 rings (SSSR count). The van der Waals surface area contributed by atoms with E-state index in [1.807, 2.05) is 4.90 Å². The highest BCUT2D eigenvalue weighted by Crippen LogP contribution is 2.14. The molecule has 0 unspecified atom stereocenters. The lowest BCUT2D eigenvalue weighted by Gasteiger charge is -2.26. The van der Waals surface area contributed by atoms with Crippen LogP contribution in [-0.2, 0) is 10.5 Å². The van der Waals surface area contributed by atoms with Crippen LogP contribution in [0, 0.1) is 0 Å². The lowest BCUT2D eigenvalue weighted by atomic mass is 10.1. The molecule has 1 saturated heterocycles. The summed E-state index contributed by atoms with van der Waals surface area (Å²) in [6, 6.07) is 0. The molecule has 98 valence electrons. The molecule has 0 bridgehead atoms. The van der Waals surface area contributed by atoms with Gasteiger partial charge in [0.25, 0.3) is 0 Å².